The Labute approximate surface area is 165 Å². The summed E-state index contributed by atoms with van der Waals surface area (Å²) in [7, 11) is -3.73. The number of aryl methyl sites for hydroxylation is 1. The number of aliphatic carboxylic acids is 1. The molecule has 0 unspecified atom stereocenters. The summed E-state index contributed by atoms with van der Waals surface area (Å²) in [5, 5.41) is 9.15. The molecule has 28 heavy (non-hydrogen) atoms. The van der Waals surface area contributed by atoms with Crippen LogP contribution in [0.15, 0.2) is 24.3 Å². The number of nitrogens with one attached hydrogen (secondary N) is 1. The summed E-state index contributed by atoms with van der Waals surface area (Å²) in [5.41, 5.74) is 1.73. The van der Waals surface area contributed by atoms with Crippen LogP contribution in [0.3, 0.4) is 0 Å². The van der Waals surface area contributed by atoms with E-state index in [2.05, 4.69) is 4.72 Å². The van der Waals surface area contributed by atoms with Gasteiger partial charge in [0.05, 0.1) is 5.92 Å². The van der Waals surface area contributed by atoms with Crippen molar-refractivity contribution in [3.63, 3.8) is 0 Å². The predicted octanol–water partition coefficient (Wildman–Crippen LogP) is 1.23. The third-order valence-electron chi connectivity index (χ3n) is 5.47. The molecule has 1 amide bonds. The van der Waals surface area contributed by atoms with Crippen LogP contribution in [0.1, 0.15) is 41.6 Å². The van der Waals surface area contributed by atoms with E-state index in [1.54, 1.807) is 4.90 Å². The molecule has 0 aliphatic carbocycles. The third-order valence-corrected chi connectivity index (χ3v) is 7.11. The van der Waals surface area contributed by atoms with Crippen molar-refractivity contribution in [1.29, 1.82) is 0 Å². The molecule has 154 valence electrons. The first-order valence-electron chi connectivity index (χ1n) is 9.62. The molecule has 2 saturated heterocycles. The van der Waals surface area contributed by atoms with Gasteiger partial charge < -0.3 is 10.0 Å². The van der Waals surface area contributed by atoms with Gasteiger partial charge in [0.2, 0.25) is 0 Å². The molecule has 1 aromatic rings. The van der Waals surface area contributed by atoms with Crippen molar-refractivity contribution < 1.29 is 23.1 Å². The summed E-state index contributed by atoms with van der Waals surface area (Å²) in [4.78, 5) is 25.5. The molecule has 0 spiro atoms. The minimum absolute atomic E-state index is 0.00935. The summed E-state index contributed by atoms with van der Waals surface area (Å²) in [6.07, 6.45) is 2.11. The maximum Gasteiger partial charge on any atom is 0.307 e. The molecule has 0 saturated carbocycles. The topological polar surface area (TPSA) is 107 Å². The molecule has 2 fully saturated rings. The molecular weight excluding hydrogens is 382 g/mol. The number of carboxylic acids is 1. The van der Waals surface area contributed by atoms with Crippen LogP contribution in [0.2, 0.25) is 0 Å². The standard InChI is InChI=1S/C19H27N3O5S/c1-14-4-6-15(7-5-14)18(23)21-11-8-17(9-12-21)20-28(26,27)22-10-2-3-16(13-22)19(24)25/h4-7,16-17,20H,2-3,8-13H2,1H3,(H,24,25)/t16-/m1/s1. The van der Waals surface area contributed by atoms with Crippen LogP contribution in [0.25, 0.3) is 0 Å². The second-order valence-corrected chi connectivity index (χ2v) is 9.29. The average molecular weight is 410 g/mol. The van der Waals surface area contributed by atoms with Gasteiger partial charge in [-0.25, -0.2) is 0 Å². The number of carboxylic acid groups (broad SMARTS) is 1. The van der Waals surface area contributed by atoms with Crippen molar-refractivity contribution in [2.45, 2.75) is 38.6 Å². The quantitative estimate of drug-likeness (QED) is 0.761. The molecule has 1 atom stereocenters. The van der Waals surface area contributed by atoms with E-state index in [0.29, 0.717) is 50.9 Å². The molecule has 9 heteroatoms. The van der Waals surface area contributed by atoms with Gasteiger partial charge in [0, 0.05) is 37.8 Å². The minimum Gasteiger partial charge on any atom is -0.481 e. The van der Waals surface area contributed by atoms with Crippen LogP contribution in [-0.4, -0.2) is 66.8 Å². The highest BCUT2D eigenvalue weighted by Gasteiger charge is 2.34. The van der Waals surface area contributed by atoms with Crippen molar-refractivity contribution in [1.82, 2.24) is 13.9 Å². The summed E-state index contributed by atoms with van der Waals surface area (Å²) < 4.78 is 29.2. The van der Waals surface area contributed by atoms with E-state index in [4.69, 9.17) is 5.11 Å². The Morgan fingerprint density at radius 1 is 1.07 bits per heavy atom. The van der Waals surface area contributed by atoms with Gasteiger partial charge in [0.1, 0.15) is 0 Å². The lowest BCUT2D eigenvalue weighted by molar-refractivity contribution is -0.142. The van der Waals surface area contributed by atoms with Crippen LogP contribution in [0.5, 0.6) is 0 Å². The summed E-state index contributed by atoms with van der Waals surface area (Å²) in [6, 6.07) is 7.16. The van der Waals surface area contributed by atoms with Gasteiger partial charge in [-0.3, -0.25) is 9.59 Å². The van der Waals surface area contributed by atoms with E-state index >= 15 is 0 Å². The second-order valence-electron chi connectivity index (χ2n) is 7.59. The Balaban J connectivity index is 1.54. The highest BCUT2D eigenvalue weighted by molar-refractivity contribution is 7.87. The number of piperidine rings is 2. The van der Waals surface area contributed by atoms with Crippen molar-refractivity contribution in [3.05, 3.63) is 35.4 Å². The lowest BCUT2D eigenvalue weighted by atomic mass is 10.0. The molecule has 2 heterocycles. The summed E-state index contributed by atoms with van der Waals surface area (Å²) in [6.45, 7) is 3.28. The first-order valence-corrected chi connectivity index (χ1v) is 11.1. The summed E-state index contributed by atoms with van der Waals surface area (Å²) in [5.74, 6) is -1.65. The fraction of sp³-hybridized carbons (Fsp3) is 0.579. The molecular formula is C19H27N3O5S. The number of carbonyl (C=O) groups is 2. The molecule has 1 aromatic carbocycles. The number of hydrogen-bond acceptors (Lipinski definition) is 4. The Hall–Kier alpha value is -1.97. The van der Waals surface area contributed by atoms with Gasteiger partial charge in [-0.2, -0.15) is 17.4 Å². The zero-order valence-electron chi connectivity index (χ0n) is 16.0. The van der Waals surface area contributed by atoms with Gasteiger partial charge in [-0.05, 0) is 44.7 Å². The van der Waals surface area contributed by atoms with E-state index in [1.807, 2.05) is 31.2 Å². The highest BCUT2D eigenvalue weighted by Crippen LogP contribution is 2.21. The average Bonchev–Trinajstić information content (AvgIpc) is 2.68. The lowest BCUT2D eigenvalue weighted by Gasteiger charge is -2.35. The fourth-order valence-electron chi connectivity index (χ4n) is 3.73. The van der Waals surface area contributed by atoms with E-state index in [0.717, 1.165) is 5.56 Å². The largest absolute Gasteiger partial charge is 0.481 e. The molecule has 8 nitrogen and oxygen atoms in total. The summed E-state index contributed by atoms with van der Waals surface area (Å²) >= 11 is 0. The van der Waals surface area contributed by atoms with E-state index in [9.17, 15) is 18.0 Å². The SMILES string of the molecule is Cc1ccc(C(=O)N2CCC(NS(=O)(=O)N3CCC[C@@H](C(=O)O)C3)CC2)cc1. The normalized spacial score (nSPS) is 22.2. The van der Waals surface area contributed by atoms with Gasteiger partial charge in [0.15, 0.2) is 0 Å². The lowest BCUT2D eigenvalue weighted by Crippen LogP contribution is -2.52. The van der Waals surface area contributed by atoms with Crippen molar-refractivity contribution >= 4 is 22.1 Å². The molecule has 3 rings (SSSR count). The van der Waals surface area contributed by atoms with Crippen molar-refractivity contribution in [2.24, 2.45) is 5.92 Å². The van der Waals surface area contributed by atoms with E-state index < -0.39 is 22.1 Å². The van der Waals surface area contributed by atoms with Gasteiger partial charge >= 0.3 is 5.97 Å². The zero-order chi connectivity index (χ0) is 20.3. The van der Waals surface area contributed by atoms with Gasteiger partial charge in [0.25, 0.3) is 16.1 Å². The molecule has 2 aliphatic rings. The molecule has 0 radical (unpaired) electrons. The van der Waals surface area contributed by atoms with Crippen LogP contribution in [0, 0.1) is 12.8 Å². The second kappa shape index (κ2) is 8.59. The molecule has 2 N–H and O–H groups in total. The zero-order valence-corrected chi connectivity index (χ0v) is 16.8. The van der Waals surface area contributed by atoms with Crippen LogP contribution >= 0.6 is 0 Å². The molecule has 2 aliphatic heterocycles. The number of rotatable bonds is 5. The number of amides is 1. The van der Waals surface area contributed by atoms with Crippen LogP contribution < -0.4 is 4.72 Å². The fourth-order valence-corrected chi connectivity index (χ4v) is 5.28. The maximum absolute atomic E-state index is 12.6. The Morgan fingerprint density at radius 2 is 1.71 bits per heavy atom. The highest BCUT2D eigenvalue weighted by atomic mass is 32.2. The van der Waals surface area contributed by atoms with Crippen molar-refractivity contribution in [2.75, 3.05) is 26.2 Å². The number of carbonyl (C=O) groups excluding carboxylic acids is 1. The number of nitrogens with zero attached hydrogens (tertiary/aromatic N) is 2. The Bertz CT molecular complexity index is 816. The first-order chi connectivity index (χ1) is 13.3. The maximum atomic E-state index is 12.6. The van der Waals surface area contributed by atoms with Crippen LogP contribution in [-0.2, 0) is 15.0 Å². The first kappa shape index (κ1) is 20.8. The molecule has 0 bridgehead atoms. The minimum atomic E-state index is -3.73. The van der Waals surface area contributed by atoms with Gasteiger partial charge in [-0.1, -0.05) is 17.7 Å². The monoisotopic (exact) mass is 409 g/mol. The number of hydrogen-bond donors (Lipinski definition) is 2. The smallest absolute Gasteiger partial charge is 0.307 e. The number of likely N-dealkylation sites (tertiary alicyclic amines) is 1. The van der Waals surface area contributed by atoms with Crippen LogP contribution in [0.4, 0.5) is 0 Å². The predicted molar refractivity (Wildman–Crippen MR) is 104 cm³/mol. The van der Waals surface area contributed by atoms with E-state index in [1.165, 1.54) is 4.31 Å². The van der Waals surface area contributed by atoms with Crippen molar-refractivity contribution in [3.8, 4) is 0 Å². The number of benzene rings is 1. The van der Waals surface area contributed by atoms with Gasteiger partial charge in [-0.15, -0.1) is 0 Å². The Kier molecular flexibility index (Phi) is 6.36. The molecule has 0 aromatic heterocycles. The Morgan fingerprint density at radius 3 is 2.32 bits per heavy atom. The third kappa shape index (κ3) is 4.89. The van der Waals surface area contributed by atoms with E-state index in [-0.39, 0.29) is 18.5 Å².